The number of phenols is 1. The van der Waals surface area contributed by atoms with Gasteiger partial charge in [0, 0.05) is 24.9 Å². The molecule has 2 heterocycles. The minimum atomic E-state index is -1.15. The summed E-state index contributed by atoms with van der Waals surface area (Å²) in [6, 6.07) is 2.40. The Morgan fingerprint density at radius 2 is 1.86 bits per heavy atom. The van der Waals surface area contributed by atoms with E-state index in [-0.39, 0.29) is 24.5 Å². The zero-order valence-electron chi connectivity index (χ0n) is 20.9. The third-order valence-electron chi connectivity index (χ3n) is 6.39. The standard InChI is InChI=1S/C25H34N6O6/c1-14(2)21(25(36)37)30-23(34)20-4-3-9-31(20)24(35)19(11-16-12-27-13-28-16)29-22(33)18(26)10-15-5-7-17(32)8-6-15/h5-8,12-14,18-21,32H,3-4,9-11,26H2,1-2H3,(H,27,28)(H,29,33)(H,30,34)(H,36,37). The van der Waals surface area contributed by atoms with E-state index in [1.54, 1.807) is 26.0 Å². The summed E-state index contributed by atoms with van der Waals surface area (Å²) in [6.45, 7) is 3.67. The fraction of sp³-hybridized carbons (Fsp3) is 0.480. The fourth-order valence-corrected chi connectivity index (χ4v) is 4.34. The molecule has 2 aromatic rings. The number of carboxylic acids is 1. The second-order valence-electron chi connectivity index (χ2n) is 9.58. The van der Waals surface area contributed by atoms with Crippen molar-refractivity contribution in [1.82, 2.24) is 25.5 Å². The molecule has 1 aromatic carbocycles. The van der Waals surface area contributed by atoms with Gasteiger partial charge in [0.1, 0.15) is 23.9 Å². The number of hydrogen-bond acceptors (Lipinski definition) is 7. The highest BCUT2D eigenvalue weighted by molar-refractivity contribution is 5.94. The molecule has 7 N–H and O–H groups in total. The average Bonchev–Trinajstić information content (AvgIpc) is 3.54. The van der Waals surface area contributed by atoms with Gasteiger partial charge in [0.25, 0.3) is 0 Å². The van der Waals surface area contributed by atoms with Crippen LogP contribution in [0.3, 0.4) is 0 Å². The predicted molar refractivity (Wildman–Crippen MR) is 133 cm³/mol. The van der Waals surface area contributed by atoms with Gasteiger partial charge in [-0.3, -0.25) is 14.4 Å². The van der Waals surface area contributed by atoms with Crippen LogP contribution in [0, 0.1) is 5.92 Å². The van der Waals surface area contributed by atoms with Gasteiger partial charge in [-0.15, -0.1) is 0 Å². The Hall–Kier alpha value is -3.93. The number of benzene rings is 1. The van der Waals surface area contributed by atoms with E-state index in [1.807, 2.05) is 0 Å². The quantitative estimate of drug-likeness (QED) is 0.240. The van der Waals surface area contributed by atoms with Gasteiger partial charge < -0.3 is 36.5 Å². The number of phenolic OH excluding ortho intramolecular Hbond substituents is 1. The Bertz CT molecular complexity index is 1090. The summed E-state index contributed by atoms with van der Waals surface area (Å²) in [5.41, 5.74) is 7.46. The van der Waals surface area contributed by atoms with Crippen LogP contribution >= 0.6 is 0 Å². The van der Waals surface area contributed by atoms with Crippen molar-refractivity contribution in [1.29, 1.82) is 0 Å². The van der Waals surface area contributed by atoms with Crippen molar-refractivity contribution in [2.24, 2.45) is 11.7 Å². The highest BCUT2D eigenvalue weighted by Gasteiger charge is 2.39. The number of aromatic hydroxyl groups is 1. The van der Waals surface area contributed by atoms with Crippen LogP contribution in [0.15, 0.2) is 36.8 Å². The molecule has 1 aromatic heterocycles. The lowest BCUT2D eigenvalue weighted by molar-refractivity contribution is -0.145. The van der Waals surface area contributed by atoms with E-state index in [0.717, 1.165) is 5.56 Å². The maximum absolute atomic E-state index is 13.6. The molecule has 37 heavy (non-hydrogen) atoms. The van der Waals surface area contributed by atoms with E-state index in [1.165, 1.54) is 29.6 Å². The molecule has 1 saturated heterocycles. The lowest BCUT2D eigenvalue weighted by atomic mass is 10.0. The van der Waals surface area contributed by atoms with Gasteiger partial charge >= 0.3 is 5.97 Å². The number of nitrogens with zero attached hydrogens (tertiary/aromatic N) is 2. The van der Waals surface area contributed by atoms with Gasteiger partial charge in [0.05, 0.1) is 12.4 Å². The summed E-state index contributed by atoms with van der Waals surface area (Å²) in [6.07, 6.45) is 4.24. The molecule has 1 aliphatic heterocycles. The van der Waals surface area contributed by atoms with Crippen molar-refractivity contribution < 1.29 is 29.4 Å². The number of nitrogens with one attached hydrogen (secondary N) is 3. The number of H-pyrrole nitrogens is 1. The topological polar surface area (TPSA) is 191 Å². The van der Waals surface area contributed by atoms with E-state index in [0.29, 0.717) is 25.1 Å². The van der Waals surface area contributed by atoms with E-state index in [4.69, 9.17) is 5.73 Å². The van der Waals surface area contributed by atoms with E-state index in [2.05, 4.69) is 20.6 Å². The van der Waals surface area contributed by atoms with Crippen LogP contribution in [0.2, 0.25) is 0 Å². The minimum absolute atomic E-state index is 0.0965. The molecule has 0 radical (unpaired) electrons. The number of amides is 3. The van der Waals surface area contributed by atoms with Crippen LogP contribution in [-0.2, 0) is 32.0 Å². The van der Waals surface area contributed by atoms with E-state index >= 15 is 0 Å². The number of aromatic amines is 1. The molecular formula is C25H34N6O6. The van der Waals surface area contributed by atoms with Crippen molar-refractivity contribution in [3.8, 4) is 5.75 Å². The van der Waals surface area contributed by atoms with Crippen molar-refractivity contribution in [3.63, 3.8) is 0 Å². The predicted octanol–water partition coefficient (Wildman–Crippen LogP) is -0.0710. The summed E-state index contributed by atoms with van der Waals surface area (Å²) in [5, 5.41) is 24.2. The maximum atomic E-state index is 13.6. The number of hydrogen-bond donors (Lipinski definition) is 6. The summed E-state index contributed by atoms with van der Waals surface area (Å²) in [7, 11) is 0. The largest absolute Gasteiger partial charge is 0.508 e. The van der Waals surface area contributed by atoms with Crippen molar-refractivity contribution >= 4 is 23.7 Å². The molecular weight excluding hydrogens is 480 g/mol. The number of rotatable bonds is 11. The molecule has 3 rings (SSSR count). The fourth-order valence-electron chi connectivity index (χ4n) is 4.34. The Labute approximate surface area is 214 Å². The minimum Gasteiger partial charge on any atom is -0.508 e. The molecule has 1 fully saturated rings. The first-order chi connectivity index (χ1) is 17.6. The summed E-state index contributed by atoms with van der Waals surface area (Å²) in [5.74, 6) is -2.94. The van der Waals surface area contributed by atoms with Crippen molar-refractivity contribution in [2.75, 3.05) is 6.54 Å². The second-order valence-corrected chi connectivity index (χ2v) is 9.58. The average molecular weight is 515 g/mol. The van der Waals surface area contributed by atoms with E-state index < -0.39 is 47.9 Å². The van der Waals surface area contributed by atoms with Crippen LogP contribution < -0.4 is 16.4 Å². The lowest BCUT2D eigenvalue weighted by Gasteiger charge is -2.30. The van der Waals surface area contributed by atoms with Gasteiger partial charge in [-0.25, -0.2) is 9.78 Å². The van der Waals surface area contributed by atoms with Gasteiger partial charge in [-0.1, -0.05) is 26.0 Å². The first-order valence-electron chi connectivity index (χ1n) is 12.2. The molecule has 200 valence electrons. The van der Waals surface area contributed by atoms with Gasteiger partial charge in [0.15, 0.2) is 0 Å². The number of carboxylic acid groups (broad SMARTS) is 1. The normalized spacial score (nSPS) is 17.7. The van der Waals surface area contributed by atoms with Crippen molar-refractivity contribution in [3.05, 3.63) is 48.0 Å². The van der Waals surface area contributed by atoms with Gasteiger partial charge in [0.2, 0.25) is 17.7 Å². The monoisotopic (exact) mass is 514 g/mol. The SMILES string of the molecule is CC(C)C(NC(=O)C1CCCN1C(=O)C(Cc1cnc[nH]1)NC(=O)C(N)Cc1ccc(O)cc1)C(=O)O. The van der Waals surface area contributed by atoms with Gasteiger partial charge in [-0.2, -0.15) is 0 Å². The molecule has 0 spiro atoms. The summed E-state index contributed by atoms with van der Waals surface area (Å²) < 4.78 is 0. The molecule has 4 unspecified atom stereocenters. The number of imidazole rings is 1. The zero-order valence-corrected chi connectivity index (χ0v) is 20.9. The van der Waals surface area contributed by atoms with E-state index in [9.17, 15) is 29.4 Å². The maximum Gasteiger partial charge on any atom is 0.326 e. The van der Waals surface area contributed by atoms with Crippen LogP contribution in [0.4, 0.5) is 0 Å². The number of carbonyl (C=O) groups is 4. The van der Waals surface area contributed by atoms with Crippen LogP contribution in [0.5, 0.6) is 5.75 Å². The zero-order chi connectivity index (χ0) is 27.1. The molecule has 0 saturated carbocycles. The number of likely N-dealkylation sites (tertiary alicyclic amines) is 1. The van der Waals surface area contributed by atoms with Crippen LogP contribution in [0.25, 0.3) is 0 Å². The third-order valence-corrected chi connectivity index (χ3v) is 6.39. The Morgan fingerprint density at radius 1 is 1.16 bits per heavy atom. The second kappa shape index (κ2) is 12.3. The molecule has 3 amide bonds. The molecule has 4 atom stereocenters. The lowest BCUT2D eigenvalue weighted by Crippen LogP contribution is -2.58. The summed E-state index contributed by atoms with van der Waals surface area (Å²) in [4.78, 5) is 59.3. The van der Waals surface area contributed by atoms with Crippen molar-refractivity contribution in [2.45, 2.75) is 63.7 Å². The number of carbonyl (C=O) groups excluding carboxylic acids is 3. The third kappa shape index (κ3) is 7.29. The smallest absolute Gasteiger partial charge is 0.326 e. The van der Waals surface area contributed by atoms with Gasteiger partial charge in [-0.05, 0) is 42.9 Å². The molecule has 0 bridgehead atoms. The molecule has 0 aliphatic carbocycles. The highest BCUT2D eigenvalue weighted by atomic mass is 16.4. The Morgan fingerprint density at radius 3 is 2.46 bits per heavy atom. The van der Waals surface area contributed by atoms with Crippen LogP contribution in [-0.4, -0.2) is 79.5 Å². The first-order valence-corrected chi connectivity index (χ1v) is 12.2. The Kier molecular flexibility index (Phi) is 9.23. The first kappa shape index (κ1) is 27.7. The number of nitrogens with two attached hydrogens (primary N) is 1. The highest BCUT2D eigenvalue weighted by Crippen LogP contribution is 2.20. The molecule has 12 heteroatoms. The Balaban J connectivity index is 1.73. The molecule has 12 nitrogen and oxygen atoms in total. The summed E-state index contributed by atoms with van der Waals surface area (Å²) >= 11 is 0. The number of aliphatic carboxylic acids is 1. The van der Waals surface area contributed by atoms with Crippen LogP contribution in [0.1, 0.15) is 37.9 Å². The number of aromatic nitrogens is 2. The molecule has 1 aliphatic rings.